The van der Waals surface area contributed by atoms with Crippen molar-refractivity contribution in [1.29, 1.82) is 0 Å². The van der Waals surface area contributed by atoms with Crippen LogP contribution in [0, 0.1) is 0 Å². The number of nitrogens with zero attached hydrogens (tertiary/aromatic N) is 2. The lowest BCUT2D eigenvalue weighted by Gasteiger charge is -2.34. The van der Waals surface area contributed by atoms with Crippen molar-refractivity contribution < 1.29 is 0 Å². The first kappa shape index (κ1) is 9.78. The van der Waals surface area contributed by atoms with E-state index in [9.17, 15) is 0 Å². The van der Waals surface area contributed by atoms with E-state index < -0.39 is 0 Å². The van der Waals surface area contributed by atoms with Gasteiger partial charge in [0.15, 0.2) is 0 Å². The van der Waals surface area contributed by atoms with Gasteiger partial charge in [-0.25, -0.2) is 4.98 Å². The molecule has 0 N–H and O–H groups in total. The molecule has 1 aromatic heterocycles. The highest BCUT2D eigenvalue weighted by molar-refractivity contribution is 6.22. The Morgan fingerprint density at radius 1 is 1.50 bits per heavy atom. The number of hydrogen-bond acceptors (Lipinski definition) is 2. The van der Waals surface area contributed by atoms with E-state index in [4.69, 9.17) is 11.6 Å². The molecular formula is C11H15ClN2. The molecule has 0 amide bonds. The molecule has 1 aliphatic rings. The number of halogens is 1. The van der Waals surface area contributed by atoms with Crippen LogP contribution in [0.4, 0.5) is 5.82 Å². The van der Waals surface area contributed by atoms with Gasteiger partial charge in [0.2, 0.25) is 0 Å². The standard InChI is InChI=1S/C11H15ClN2/c1-11(2)9(12)6-8-14(11)10-5-3-4-7-13-10/h3-5,7,9H,6,8H2,1-2H3. The summed E-state index contributed by atoms with van der Waals surface area (Å²) in [5, 5.41) is 0.213. The maximum Gasteiger partial charge on any atom is 0.128 e. The molecular weight excluding hydrogens is 196 g/mol. The fourth-order valence-electron chi connectivity index (χ4n) is 1.98. The van der Waals surface area contributed by atoms with Gasteiger partial charge in [-0.1, -0.05) is 6.07 Å². The van der Waals surface area contributed by atoms with E-state index in [0.29, 0.717) is 0 Å². The maximum absolute atomic E-state index is 6.28. The predicted octanol–water partition coefficient (Wildman–Crippen LogP) is 2.68. The molecule has 1 aliphatic heterocycles. The summed E-state index contributed by atoms with van der Waals surface area (Å²) in [6.45, 7) is 5.34. The summed E-state index contributed by atoms with van der Waals surface area (Å²) in [5.74, 6) is 1.03. The first-order chi connectivity index (χ1) is 6.62. The summed E-state index contributed by atoms with van der Waals surface area (Å²) >= 11 is 6.28. The topological polar surface area (TPSA) is 16.1 Å². The molecule has 1 aromatic rings. The maximum atomic E-state index is 6.28. The highest BCUT2D eigenvalue weighted by atomic mass is 35.5. The zero-order valence-corrected chi connectivity index (χ0v) is 9.33. The quantitative estimate of drug-likeness (QED) is 0.663. The van der Waals surface area contributed by atoms with Crippen molar-refractivity contribution in [2.24, 2.45) is 0 Å². The average molecular weight is 211 g/mol. The monoisotopic (exact) mass is 210 g/mol. The fourth-order valence-corrected chi connectivity index (χ4v) is 2.19. The van der Waals surface area contributed by atoms with E-state index in [2.05, 4.69) is 23.7 Å². The lowest BCUT2D eigenvalue weighted by atomic mass is 10.0. The third kappa shape index (κ3) is 1.48. The van der Waals surface area contributed by atoms with Crippen molar-refractivity contribution in [2.45, 2.75) is 31.2 Å². The van der Waals surface area contributed by atoms with E-state index in [1.54, 1.807) is 0 Å². The second-order valence-electron chi connectivity index (χ2n) is 4.25. The fraction of sp³-hybridized carbons (Fsp3) is 0.545. The number of rotatable bonds is 1. The Morgan fingerprint density at radius 2 is 2.29 bits per heavy atom. The Kier molecular flexibility index (Phi) is 2.40. The first-order valence-corrected chi connectivity index (χ1v) is 5.39. The summed E-state index contributed by atoms with van der Waals surface area (Å²) in [4.78, 5) is 6.64. The minimum atomic E-state index is 0.00983. The number of aromatic nitrogens is 1. The predicted molar refractivity (Wildman–Crippen MR) is 59.9 cm³/mol. The van der Waals surface area contributed by atoms with Crippen molar-refractivity contribution >= 4 is 17.4 Å². The lowest BCUT2D eigenvalue weighted by molar-refractivity contribution is 0.520. The normalized spacial score (nSPS) is 25.4. The minimum absolute atomic E-state index is 0.00983. The van der Waals surface area contributed by atoms with E-state index in [-0.39, 0.29) is 10.9 Å². The third-order valence-corrected chi connectivity index (χ3v) is 3.75. The number of pyridine rings is 1. The minimum Gasteiger partial charge on any atom is -0.350 e. The number of alkyl halides is 1. The molecule has 0 saturated carbocycles. The molecule has 3 heteroatoms. The van der Waals surface area contributed by atoms with Crippen molar-refractivity contribution in [1.82, 2.24) is 4.98 Å². The van der Waals surface area contributed by atoms with Gasteiger partial charge in [-0.3, -0.25) is 0 Å². The van der Waals surface area contributed by atoms with Crippen LogP contribution < -0.4 is 4.90 Å². The molecule has 0 aromatic carbocycles. The van der Waals surface area contributed by atoms with E-state index in [1.165, 1.54) is 0 Å². The summed E-state index contributed by atoms with van der Waals surface area (Å²) in [6.07, 6.45) is 2.86. The van der Waals surface area contributed by atoms with Crippen LogP contribution in [0.5, 0.6) is 0 Å². The van der Waals surface area contributed by atoms with E-state index in [0.717, 1.165) is 18.8 Å². The molecule has 0 spiro atoms. The highest BCUT2D eigenvalue weighted by Crippen LogP contribution is 2.35. The van der Waals surface area contributed by atoms with Gasteiger partial charge < -0.3 is 4.90 Å². The molecule has 1 saturated heterocycles. The molecule has 1 unspecified atom stereocenters. The number of hydrogen-bond donors (Lipinski definition) is 0. The third-order valence-electron chi connectivity index (χ3n) is 2.99. The zero-order valence-electron chi connectivity index (χ0n) is 8.57. The molecule has 0 bridgehead atoms. The molecule has 14 heavy (non-hydrogen) atoms. The van der Waals surface area contributed by atoms with Crippen LogP contribution in [-0.4, -0.2) is 22.4 Å². The second-order valence-corrected chi connectivity index (χ2v) is 4.78. The van der Waals surface area contributed by atoms with Crippen LogP contribution in [0.25, 0.3) is 0 Å². The number of anilines is 1. The lowest BCUT2D eigenvalue weighted by Crippen LogP contribution is -2.43. The first-order valence-electron chi connectivity index (χ1n) is 4.95. The van der Waals surface area contributed by atoms with Gasteiger partial charge in [-0.05, 0) is 32.4 Å². The summed E-state index contributed by atoms with van der Waals surface area (Å²) in [7, 11) is 0. The SMILES string of the molecule is CC1(C)C(Cl)CCN1c1ccccn1. The Morgan fingerprint density at radius 3 is 2.79 bits per heavy atom. The van der Waals surface area contributed by atoms with Crippen molar-refractivity contribution in [3.05, 3.63) is 24.4 Å². The van der Waals surface area contributed by atoms with Gasteiger partial charge in [0, 0.05) is 12.7 Å². The van der Waals surface area contributed by atoms with Crippen LogP contribution in [0.15, 0.2) is 24.4 Å². The Hall–Kier alpha value is -0.760. The smallest absolute Gasteiger partial charge is 0.128 e. The van der Waals surface area contributed by atoms with Gasteiger partial charge in [0.1, 0.15) is 5.82 Å². The molecule has 76 valence electrons. The van der Waals surface area contributed by atoms with E-state index >= 15 is 0 Å². The van der Waals surface area contributed by atoms with Crippen LogP contribution >= 0.6 is 11.6 Å². The van der Waals surface area contributed by atoms with Gasteiger partial charge in [0.05, 0.1) is 10.9 Å². The zero-order chi connectivity index (χ0) is 10.2. The summed E-state index contributed by atoms with van der Waals surface area (Å²) in [6, 6.07) is 5.99. The Balaban J connectivity index is 2.29. The largest absolute Gasteiger partial charge is 0.350 e. The average Bonchev–Trinajstić information content (AvgIpc) is 2.44. The Labute approximate surface area is 89.9 Å². The van der Waals surface area contributed by atoms with Crippen molar-refractivity contribution in [3.63, 3.8) is 0 Å². The van der Waals surface area contributed by atoms with Gasteiger partial charge in [-0.2, -0.15) is 0 Å². The molecule has 0 radical (unpaired) electrons. The van der Waals surface area contributed by atoms with Crippen molar-refractivity contribution in [3.8, 4) is 0 Å². The molecule has 0 aliphatic carbocycles. The van der Waals surface area contributed by atoms with Crippen LogP contribution in [0.3, 0.4) is 0 Å². The molecule has 2 nitrogen and oxygen atoms in total. The summed E-state index contributed by atoms with van der Waals surface area (Å²) < 4.78 is 0. The molecule has 1 fully saturated rings. The molecule has 1 atom stereocenters. The summed E-state index contributed by atoms with van der Waals surface area (Å²) in [5.41, 5.74) is 0.00983. The van der Waals surface area contributed by atoms with Crippen molar-refractivity contribution in [2.75, 3.05) is 11.4 Å². The highest BCUT2D eigenvalue weighted by Gasteiger charge is 2.40. The van der Waals surface area contributed by atoms with Gasteiger partial charge >= 0.3 is 0 Å². The molecule has 2 rings (SSSR count). The molecule has 2 heterocycles. The van der Waals surface area contributed by atoms with Crippen LogP contribution in [-0.2, 0) is 0 Å². The second kappa shape index (κ2) is 3.43. The van der Waals surface area contributed by atoms with Crippen LogP contribution in [0.2, 0.25) is 0 Å². The van der Waals surface area contributed by atoms with Crippen LogP contribution in [0.1, 0.15) is 20.3 Å². The Bertz CT molecular complexity index is 310. The van der Waals surface area contributed by atoms with Gasteiger partial charge in [0.25, 0.3) is 0 Å². The van der Waals surface area contributed by atoms with E-state index in [1.807, 2.05) is 24.4 Å². The van der Waals surface area contributed by atoms with Gasteiger partial charge in [-0.15, -0.1) is 11.6 Å².